The van der Waals surface area contributed by atoms with Crippen molar-refractivity contribution in [2.24, 2.45) is 0 Å². The van der Waals surface area contributed by atoms with Crippen molar-refractivity contribution in [1.29, 1.82) is 0 Å². The number of aromatic nitrogens is 2. The van der Waals surface area contributed by atoms with Crippen molar-refractivity contribution in [3.05, 3.63) is 48.0 Å². The Labute approximate surface area is 154 Å². The van der Waals surface area contributed by atoms with Crippen molar-refractivity contribution in [1.82, 2.24) is 15.5 Å². The molecular weight excluding hydrogens is 332 g/mol. The predicted octanol–water partition coefficient (Wildman–Crippen LogP) is 3.51. The summed E-state index contributed by atoms with van der Waals surface area (Å²) < 4.78 is 5.60. The number of nitrogens with zero attached hydrogens (tertiary/aromatic N) is 2. The van der Waals surface area contributed by atoms with Crippen molar-refractivity contribution in [3.63, 3.8) is 0 Å². The van der Waals surface area contributed by atoms with Gasteiger partial charge in [0.1, 0.15) is 10.8 Å². The average molecular weight is 359 g/mol. The van der Waals surface area contributed by atoms with Gasteiger partial charge in [-0.15, -0.1) is 22.0 Å². The summed E-state index contributed by atoms with van der Waals surface area (Å²) in [6, 6.07) is 14.8. The molecule has 1 fully saturated rings. The SMILES string of the molecule is CSc1ccc(NCC2(NC(C)c3ccccc3)CCOCC2)nn1. The van der Waals surface area contributed by atoms with Gasteiger partial charge in [-0.2, -0.15) is 0 Å². The van der Waals surface area contributed by atoms with Crippen LogP contribution in [0.25, 0.3) is 0 Å². The lowest BCUT2D eigenvalue weighted by Crippen LogP contribution is -2.54. The van der Waals surface area contributed by atoms with Gasteiger partial charge in [-0.3, -0.25) is 0 Å². The molecule has 2 heterocycles. The molecule has 1 aromatic heterocycles. The minimum absolute atomic E-state index is 0.00658. The minimum atomic E-state index is -0.00658. The number of nitrogens with one attached hydrogen (secondary N) is 2. The molecule has 0 radical (unpaired) electrons. The van der Waals surface area contributed by atoms with Gasteiger partial charge in [0, 0.05) is 31.3 Å². The number of rotatable bonds is 7. The van der Waals surface area contributed by atoms with Gasteiger partial charge in [0.15, 0.2) is 0 Å². The fourth-order valence-electron chi connectivity index (χ4n) is 3.20. The van der Waals surface area contributed by atoms with E-state index in [1.54, 1.807) is 11.8 Å². The van der Waals surface area contributed by atoms with Crippen molar-refractivity contribution < 1.29 is 4.74 Å². The van der Waals surface area contributed by atoms with Gasteiger partial charge in [-0.1, -0.05) is 30.3 Å². The van der Waals surface area contributed by atoms with E-state index < -0.39 is 0 Å². The molecule has 134 valence electrons. The van der Waals surface area contributed by atoms with Gasteiger partial charge in [0.2, 0.25) is 0 Å². The topological polar surface area (TPSA) is 59.1 Å². The van der Waals surface area contributed by atoms with Crippen molar-refractivity contribution in [2.75, 3.05) is 31.3 Å². The third-order valence-electron chi connectivity index (χ3n) is 4.73. The van der Waals surface area contributed by atoms with Crippen LogP contribution in [0.3, 0.4) is 0 Å². The molecule has 6 heteroatoms. The maximum atomic E-state index is 5.60. The molecule has 1 aliphatic rings. The van der Waals surface area contributed by atoms with E-state index in [0.717, 1.165) is 43.4 Å². The molecule has 0 spiro atoms. The van der Waals surface area contributed by atoms with E-state index >= 15 is 0 Å². The molecule has 1 atom stereocenters. The van der Waals surface area contributed by atoms with E-state index in [-0.39, 0.29) is 11.6 Å². The molecule has 0 amide bonds. The first kappa shape index (κ1) is 18.2. The highest BCUT2D eigenvalue weighted by molar-refractivity contribution is 7.98. The lowest BCUT2D eigenvalue weighted by molar-refractivity contribution is 0.0389. The summed E-state index contributed by atoms with van der Waals surface area (Å²) in [5.74, 6) is 0.817. The largest absolute Gasteiger partial charge is 0.381 e. The molecule has 0 aliphatic carbocycles. The summed E-state index contributed by atoms with van der Waals surface area (Å²) in [7, 11) is 0. The van der Waals surface area contributed by atoms with Crippen molar-refractivity contribution >= 4 is 17.6 Å². The highest BCUT2D eigenvalue weighted by atomic mass is 32.2. The third-order valence-corrected chi connectivity index (χ3v) is 5.37. The van der Waals surface area contributed by atoms with Gasteiger partial charge in [-0.05, 0) is 43.7 Å². The smallest absolute Gasteiger partial charge is 0.148 e. The molecule has 1 aliphatic heterocycles. The van der Waals surface area contributed by atoms with Gasteiger partial charge in [-0.25, -0.2) is 0 Å². The summed E-state index contributed by atoms with van der Waals surface area (Å²) in [5, 5.41) is 16.7. The van der Waals surface area contributed by atoms with Crippen molar-refractivity contribution in [3.8, 4) is 0 Å². The number of hydrogen-bond acceptors (Lipinski definition) is 6. The normalized spacial score (nSPS) is 17.8. The monoisotopic (exact) mass is 358 g/mol. The molecule has 3 rings (SSSR count). The van der Waals surface area contributed by atoms with Gasteiger partial charge in [0.05, 0.1) is 0 Å². The Balaban J connectivity index is 1.67. The number of benzene rings is 1. The first-order chi connectivity index (χ1) is 12.2. The third kappa shape index (κ3) is 4.93. The van der Waals surface area contributed by atoms with Crippen LogP contribution in [-0.4, -0.2) is 41.8 Å². The summed E-state index contributed by atoms with van der Waals surface area (Å²) in [6.45, 7) is 4.60. The van der Waals surface area contributed by atoms with E-state index in [1.165, 1.54) is 5.56 Å². The first-order valence-electron chi connectivity index (χ1n) is 8.73. The summed E-state index contributed by atoms with van der Waals surface area (Å²) >= 11 is 1.60. The predicted molar refractivity (Wildman–Crippen MR) is 103 cm³/mol. The number of thioether (sulfide) groups is 1. The summed E-state index contributed by atoms with van der Waals surface area (Å²) in [6.07, 6.45) is 3.96. The zero-order chi connectivity index (χ0) is 17.5. The van der Waals surface area contributed by atoms with Crippen LogP contribution < -0.4 is 10.6 Å². The van der Waals surface area contributed by atoms with E-state index in [0.29, 0.717) is 0 Å². The molecule has 0 bridgehead atoms. The number of ether oxygens (including phenoxy) is 1. The van der Waals surface area contributed by atoms with Crippen LogP contribution in [0.1, 0.15) is 31.4 Å². The van der Waals surface area contributed by atoms with E-state index in [2.05, 4.69) is 58.1 Å². The zero-order valence-corrected chi connectivity index (χ0v) is 15.7. The van der Waals surface area contributed by atoms with E-state index in [1.807, 2.05) is 18.4 Å². The maximum Gasteiger partial charge on any atom is 0.148 e. The Morgan fingerprint density at radius 3 is 2.52 bits per heavy atom. The lowest BCUT2D eigenvalue weighted by atomic mass is 9.88. The van der Waals surface area contributed by atoms with Gasteiger partial charge < -0.3 is 15.4 Å². The second-order valence-corrected chi connectivity index (χ2v) is 7.31. The van der Waals surface area contributed by atoms with E-state index in [9.17, 15) is 0 Å². The molecule has 2 aromatic rings. The molecule has 1 saturated heterocycles. The second kappa shape index (κ2) is 8.65. The quantitative estimate of drug-likeness (QED) is 0.739. The minimum Gasteiger partial charge on any atom is -0.381 e. The fourth-order valence-corrected chi connectivity index (χ4v) is 3.53. The fraction of sp³-hybridized carbons (Fsp3) is 0.474. The summed E-state index contributed by atoms with van der Waals surface area (Å²) in [5.41, 5.74) is 1.30. The van der Waals surface area contributed by atoms with E-state index in [4.69, 9.17) is 4.74 Å². The molecule has 25 heavy (non-hydrogen) atoms. The average Bonchev–Trinajstić information content (AvgIpc) is 2.68. The highest BCUT2D eigenvalue weighted by Gasteiger charge is 2.33. The molecule has 1 unspecified atom stereocenters. The standard InChI is InChI=1S/C19H26N4OS/c1-15(16-6-4-3-5-7-16)21-19(10-12-24-13-11-19)14-20-17-8-9-18(25-2)23-22-17/h3-9,15,21H,10-14H2,1-2H3,(H,20,22). The van der Waals surface area contributed by atoms with Crippen LogP contribution in [0.2, 0.25) is 0 Å². The zero-order valence-electron chi connectivity index (χ0n) is 14.9. The lowest BCUT2D eigenvalue weighted by Gasteiger charge is -2.40. The number of hydrogen-bond donors (Lipinski definition) is 2. The second-order valence-electron chi connectivity index (χ2n) is 6.48. The van der Waals surface area contributed by atoms with Gasteiger partial charge >= 0.3 is 0 Å². The Hall–Kier alpha value is -1.63. The molecule has 1 aromatic carbocycles. The van der Waals surface area contributed by atoms with Crippen molar-refractivity contribution in [2.45, 2.75) is 36.4 Å². The first-order valence-corrected chi connectivity index (χ1v) is 9.95. The van der Waals surface area contributed by atoms with Crippen LogP contribution in [0.5, 0.6) is 0 Å². The Morgan fingerprint density at radius 1 is 1.12 bits per heavy atom. The van der Waals surface area contributed by atoms with Crippen LogP contribution in [-0.2, 0) is 4.74 Å². The highest BCUT2D eigenvalue weighted by Crippen LogP contribution is 2.26. The molecule has 5 nitrogen and oxygen atoms in total. The number of anilines is 1. The van der Waals surface area contributed by atoms with Gasteiger partial charge in [0.25, 0.3) is 0 Å². The van der Waals surface area contributed by atoms with Crippen LogP contribution >= 0.6 is 11.8 Å². The Kier molecular flexibility index (Phi) is 6.29. The van der Waals surface area contributed by atoms with Crippen LogP contribution in [0.4, 0.5) is 5.82 Å². The van der Waals surface area contributed by atoms with Crippen LogP contribution in [0.15, 0.2) is 47.5 Å². The summed E-state index contributed by atoms with van der Waals surface area (Å²) in [4.78, 5) is 0. The molecule has 2 N–H and O–H groups in total. The Bertz CT molecular complexity index is 644. The van der Waals surface area contributed by atoms with Crippen LogP contribution in [0, 0.1) is 0 Å². The molecule has 0 saturated carbocycles. The Morgan fingerprint density at radius 2 is 1.88 bits per heavy atom. The molecular formula is C19H26N4OS. The maximum absolute atomic E-state index is 5.60.